The maximum Gasteiger partial charge on any atom is 0.0988 e. The van der Waals surface area contributed by atoms with Crippen LogP contribution in [0.2, 0.25) is 0 Å². The van der Waals surface area contributed by atoms with Crippen molar-refractivity contribution in [2.45, 2.75) is 18.2 Å². The zero-order chi connectivity index (χ0) is 9.14. The van der Waals surface area contributed by atoms with E-state index in [1.54, 1.807) is 4.90 Å². The van der Waals surface area contributed by atoms with Crippen molar-refractivity contribution < 1.29 is 20.4 Å². The van der Waals surface area contributed by atoms with Crippen molar-refractivity contribution in [3.63, 3.8) is 0 Å². The quantitative estimate of drug-likeness (QED) is 0.379. The van der Waals surface area contributed by atoms with Crippen molar-refractivity contribution in [1.29, 1.82) is 0 Å². The Morgan fingerprint density at radius 1 is 1.25 bits per heavy atom. The monoisotopic (exact) mass is 177 g/mol. The highest BCUT2D eigenvalue weighted by Crippen LogP contribution is 2.17. The first-order valence-corrected chi connectivity index (χ1v) is 4.02. The van der Waals surface area contributed by atoms with Crippen molar-refractivity contribution in [2.75, 3.05) is 26.3 Å². The molecule has 5 heteroatoms. The van der Waals surface area contributed by atoms with E-state index in [-0.39, 0.29) is 13.2 Å². The van der Waals surface area contributed by atoms with Gasteiger partial charge in [-0.3, -0.25) is 4.90 Å². The molecule has 12 heavy (non-hydrogen) atoms. The minimum atomic E-state index is -0.901. The molecule has 0 aromatic rings. The van der Waals surface area contributed by atoms with Crippen molar-refractivity contribution in [1.82, 2.24) is 4.90 Å². The summed E-state index contributed by atoms with van der Waals surface area (Å²) in [6.45, 7) is 0.459. The minimum absolute atomic E-state index is 0.0318. The van der Waals surface area contributed by atoms with Gasteiger partial charge in [-0.1, -0.05) is 0 Å². The molecule has 0 amide bonds. The largest absolute Gasteiger partial charge is 0.395 e. The van der Waals surface area contributed by atoms with Gasteiger partial charge >= 0.3 is 0 Å². The van der Waals surface area contributed by atoms with Gasteiger partial charge in [-0.2, -0.15) is 0 Å². The summed E-state index contributed by atoms with van der Waals surface area (Å²) in [5, 5.41) is 36.0. The zero-order valence-electron chi connectivity index (χ0n) is 6.80. The maximum absolute atomic E-state index is 9.32. The van der Waals surface area contributed by atoms with Crippen molar-refractivity contribution in [2.24, 2.45) is 0 Å². The molecule has 0 aromatic heterocycles. The lowest BCUT2D eigenvalue weighted by molar-refractivity contribution is 0.0204. The highest BCUT2D eigenvalue weighted by atomic mass is 16.3. The number of aliphatic hydroxyl groups is 4. The summed E-state index contributed by atoms with van der Waals surface area (Å²) in [7, 11) is 0. The Morgan fingerprint density at radius 3 is 2.42 bits per heavy atom. The molecule has 1 aliphatic heterocycles. The number of nitrogens with zero attached hydrogens (tertiary/aromatic N) is 1. The van der Waals surface area contributed by atoms with Crippen LogP contribution in [-0.4, -0.2) is 69.9 Å². The van der Waals surface area contributed by atoms with Gasteiger partial charge in [0.1, 0.15) is 0 Å². The molecule has 5 nitrogen and oxygen atoms in total. The molecule has 1 saturated heterocycles. The van der Waals surface area contributed by atoms with Gasteiger partial charge in [0.25, 0.3) is 0 Å². The Morgan fingerprint density at radius 2 is 1.92 bits per heavy atom. The predicted molar refractivity (Wildman–Crippen MR) is 41.5 cm³/mol. The molecule has 1 heterocycles. The molecule has 0 spiro atoms. The molecular formula is C7H15NO4. The summed E-state index contributed by atoms with van der Waals surface area (Å²) in [4.78, 5) is 1.68. The average molecular weight is 177 g/mol. The van der Waals surface area contributed by atoms with Gasteiger partial charge in [0.05, 0.1) is 31.5 Å². The predicted octanol–water partition coefficient (Wildman–Crippen LogP) is -2.62. The standard InChI is InChI=1S/C7H15NO4/c9-2-1-8-3-6(11)7(12)5(8)4-10/h5-7,9-12H,1-4H2/t5-,6+,7+/m0/s1. The van der Waals surface area contributed by atoms with Crippen LogP contribution in [0.3, 0.4) is 0 Å². The number of rotatable bonds is 3. The molecule has 1 rings (SSSR count). The van der Waals surface area contributed by atoms with Crippen LogP contribution in [0.1, 0.15) is 0 Å². The number of likely N-dealkylation sites (tertiary alicyclic amines) is 1. The molecule has 72 valence electrons. The number of hydrogen-bond acceptors (Lipinski definition) is 5. The molecule has 1 fully saturated rings. The van der Waals surface area contributed by atoms with E-state index in [4.69, 9.17) is 10.2 Å². The first kappa shape index (κ1) is 9.88. The second kappa shape index (κ2) is 4.15. The third kappa shape index (κ3) is 1.75. The van der Waals surface area contributed by atoms with Crippen LogP contribution in [0.5, 0.6) is 0 Å². The summed E-state index contributed by atoms with van der Waals surface area (Å²) < 4.78 is 0. The van der Waals surface area contributed by atoms with E-state index in [0.29, 0.717) is 13.1 Å². The van der Waals surface area contributed by atoms with Crippen LogP contribution in [0.25, 0.3) is 0 Å². The third-order valence-electron chi connectivity index (χ3n) is 2.25. The molecule has 0 aliphatic carbocycles. The van der Waals surface area contributed by atoms with Crippen LogP contribution in [-0.2, 0) is 0 Å². The maximum atomic E-state index is 9.32. The minimum Gasteiger partial charge on any atom is -0.395 e. The molecule has 3 atom stereocenters. The summed E-state index contributed by atoms with van der Waals surface area (Å²) in [6, 6.07) is -0.438. The van der Waals surface area contributed by atoms with Gasteiger partial charge in [-0.05, 0) is 0 Å². The van der Waals surface area contributed by atoms with Crippen LogP contribution < -0.4 is 0 Å². The van der Waals surface area contributed by atoms with E-state index in [1.165, 1.54) is 0 Å². The van der Waals surface area contributed by atoms with Gasteiger partial charge in [0.2, 0.25) is 0 Å². The van der Waals surface area contributed by atoms with Gasteiger partial charge in [0.15, 0.2) is 0 Å². The topological polar surface area (TPSA) is 84.2 Å². The van der Waals surface area contributed by atoms with E-state index in [0.717, 1.165) is 0 Å². The first-order valence-electron chi connectivity index (χ1n) is 4.02. The fourth-order valence-corrected chi connectivity index (χ4v) is 1.57. The van der Waals surface area contributed by atoms with E-state index in [9.17, 15) is 10.2 Å². The molecule has 4 N–H and O–H groups in total. The second-order valence-corrected chi connectivity index (χ2v) is 3.03. The Kier molecular flexibility index (Phi) is 3.42. The van der Waals surface area contributed by atoms with Gasteiger partial charge in [0, 0.05) is 13.1 Å². The van der Waals surface area contributed by atoms with Crippen LogP contribution in [0.4, 0.5) is 0 Å². The second-order valence-electron chi connectivity index (χ2n) is 3.03. The summed E-state index contributed by atoms with van der Waals surface area (Å²) in [5.41, 5.74) is 0. The molecular weight excluding hydrogens is 162 g/mol. The highest BCUT2D eigenvalue weighted by molar-refractivity contribution is 4.92. The molecule has 0 bridgehead atoms. The first-order chi connectivity index (χ1) is 5.70. The fraction of sp³-hybridized carbons (Fsp3) is 1.00. The van der Waals surface area contributed by atoms with E-state index in [2.05, 4.69) is 0 Å². The van der Waals surface area contributed by atoms with Crippen molar-refractivity contribution in [3.8, 4) is 0 Å². The summed E-state index contributed by atoms with van der Waals surface area (Å²) in [6.07, 6.45) is -1.71. The molecule has 0 radical (unpaired) electrons. The van der Waals surface area contributed by atoms with Crippen LogP contribution >= 0.6 is 0 Å². The normalized spacial score (nSPS) is 37.5. The number of hydrogen-bond donors (Lipinski definition) is 4. The number of aliphatic hydroxyl groups excluding tert-OH is 4. The van der Waals surface area contributed by atoms with Gasteiger partial charge in [-0.15, -0.1) is 0 Å². The smallest absolute Gasteiger partial charge is 0.0988 e. The molecule has 1 aliphatic rings. The number of β-amino-alcohol motifs (C(OH)–C–C–N with tert-alkyl or cyclic N) is 2. The molecule has 0 unspecified atom stereocenters. The van der Waals surface area contributed by atoms with E-state index >= 15 is 0 Å². The van der Waals surface area contributed by atoms with Crippen molar-refractivity contribution in [3.05, 3.63) is 0 Å². The molecule has 0 aromatic carbocycles. The highest BCUT2D eigenvalue weighted by Gasteiger charge is 2.38. The average Bonchev–Trinajstić information content (AvgIpc) is 2.29. The zero-order valence-corrected chi connectivity index (χ0v) is 6.80. The lowest BCUT2D eigenvalue weighted by Gasteiger charge is -2.22. The van der Waals surface area contributed by atoms with Gasteiger partial charge < -0.3 is 20.4 Å². The van der Waals surface area contributed by atoms with Gasteiger partial charge in [-0.25, -0.2) is 0 Å². The Balaban J connectivity index is 2.52. The van der Waals surface area contributed by atoms with Crippen molar-refractivity contribution >= 4 is 0 Å². The SMILES string of the molecule is OCCN1C[C@@H](O)[C@H](O)[C@@H]1CO. The Bertz CT molecular complexity index is 143. The summed E-state index contributed by atoms with van der Waals surface area (Å²) >= 11 is 0. The fourth-order valence-electron chi connectivity index (χ4n) is 1.57. The Labute approximate surface area is 70.9 Å². The lowest BCUT2D eigenvalue weighted by atomic mass is 10.1. The third-order valence-corrected chi connectivity index (χ3v) is 2.25. The van der Waals surface area contributed by atoms with E-state index < -0.39 is 18.2 Å². The lowest BCUT2D eigenvalue weighted by Crippen LogP contribution is -2.40. The van der Waals surface area contributed by atoms with E-state index in [1.807, 2.05) is 0 Å². The van der Waals surface area contributed by atoms with Crippen LogP contribution in [0, 0.1) is 0 Å². The van der Waals surface area contributed by atoms with Crippen LogP contribution in [0.15, 0.2) is 0 Å². The summed E-state index contributed by atoms with van der Waals surface area (Å²) in [5.74, 6) is 0. The Hall–Kier alpha value is -0.200. The molecule has 0 saturated carbocycles.